The van der Waals surface area contributed by atoms with Gasteiger partial charge in [-0.05, 0) is 87.5 Å². The highest BCUT2D eigenvalue weighted by Crippen LogP contribution is 2.40. The average Bonchev–Trinajstić information content (AvgIpc) is 3.74. The SMILES string of the molecule is C[C@](O)(c1ccc(C(=O)N(C2CC2)C2CCN([C@H]3CC[C@H](c4ccccc4)CC3)CC2)cc1)C(F)(F)F. The number of aliphatic hydroxyl groups is 1. The molecule has 0 aromatic heterocycles. The molecule has 0 spiro atoms. The van der Waals surface area contributed by atoms with Gasteiger partial charge < -0.3 is 14.9 Å². The molecule has 2 aliphatic carbocycles. The zero-order chi connectivity index (χ0) is 26.2. The van der Waals surface area contributed by atoms with Crippen molar-refractivity contribution in [3.05, 3.63) is 71.3 Å². The molecule has 0 unspecified atom stereocenters. The Labute approximate surface area is 217 Å². The Balaban J connectivity index is 1.18. The van der Waals surface area contributed by atoms with Gasteiger partial charge in [-0.2, -0.15) is 13.2 Å². The first kappa shape index (κ1) is 26.2. The lowest BCUT2D eigenvalue weighted by molar-refractivity contribution is -0.258. The van der Waals surface area contributed by atoms with Crippen LogP contribution < -0.4 is 0 Å². The van der Waals surface area contributed by atoms with Gasteiger partial charge in [-0.1, -0.05) is 42.5 Å². The number of hydrogen-bond donors (Lipinski definition) is 1. The van der Waals surface area contributed by atoms with Crippen LogP contribution in [0.3, 0.4) is 0 Å². The molecule has 37 heavy (non-hydrogen) atoms. The van der Waals surface area contributed by atoms with E-state index in [0.29, 0.717) is 17.5 Å². The summed E-state index contributed by atoms with van der Waals surface area (Å²) in [6.07, 6.45) is 3.91. The largest absolute Gasteiger partial charge is 0.421 e. The molecule has 200 valence electrons. The number of hydrogen-bond acceptors (Lipinski definition) is 3. The van der Waals surface area contributed by atoms with Crippen LogP contribution in [0.5, 0.6) is 0 Å². The summed E-state index contributed by atoms with van der Waals surface area (Å²) < 4.78 is 39.6. The van der Waals surface area contributed by atoms with Gasteiger partial charge in [-0.15, -0.1) is 0 Å². The van der Waals surface area contributed by atoms with Gasteiger partial charge >= 0.3 is 6.18 Å². The third-order valence-electron chi connectivity index (χ3n) is 8.80. The van der Waals surface area contributed by atoms with Crippen molar-refractivity contribution < 1.29 is 23.1 Å². The molecule has 2 aromatic carbocycles. The molecule has 3 aliphatic rings. The van der Waals surface area contributed by atoms with Gasteiger partial charge in [0.1, 0.15) is 0 Å². The molecule has 5 rings (SSSR count). The van der Waals surface area contributed by atoms with Crippen LogP contribution in [0.1, 0.15) is 85.7 Å². The van der Waals surface area contributed by atoms with E-state index in [2.05, 4.69) is 35.2 Å². The van der Waals surface area contributed by atoms with Crippen LogP contribution in [0, 0.1) is 0 Å². The first-order valence-corrected chi connectivity index (χ1v) is 13.7. The highest BCUT2D eigenvalue weighted by atomic mass is 19.4. The van der Waals surface area contributed by atoms with E-state index in [1.807, 2.05) is 4.90 Å². The summed E-state index contributed by atoms with van der Waals surface area (Å²) in [4.78, 5) is 18.1. The lowest BCUT2D eigenvalue weighted by Crippen LogP contribution is -2.51. The summed E-state index contributed by atoms with van der Waals surface area (Å²) in [7, 11) is 0. The van der Waals surface area contributed by atoms with Crippen LogP contribution >= 0.6 is 0 Å². The molecular formula is C30H37F3N2O2. The first-order valence-electron chi connectivity index (χ1n) is 13.7. The van der Waals surface area contributed by atoms with Crippen LogP contribution in [0.25, 0.3) is 0 Å². The minimum absolute atomic E-state index is 0.109. The van der Waals surface area contributed by atoms with E-state index in [0.717, 1.165) is 45.7 Å². The van der Waals surface area contributed by atoms with Crippen molar-refractivity contribution in [2.75, 3.05) is 13.1 Å². The minimum Gasteiger partial charge on any atom is -0.376 e. The Kier molecular flexibility index (Phi) is 7.38. The van der Waals surface area contributed by atoms with Gasteiger partial charge in [-0.3, -0.25) is 4.79 Å². The zero-order valence-electron chi connectivity index (χ0n) is 21.5. The monoisotopic (exact) mass is 514 g/mol. The van der Waals surface area contributed by atoms with E-state index in [-0.39, 0.29) is 23.6 Å². The van der Waals surface area contributed by atoms with Crippen molar-refractivity contribution in [3.63, 3.8) is 0 Å². The van der Waals surface area contributed by atoms with E-state index in [9.17, 15) is 23.1 Å². The summed E-state index contributed by atoms with van der Waals surface area (Å²) in [6, 6.07) is 17.1. The highest BCUT2D eigenvalue weighted by molar-refractivity contribution is 5.95. The number of benzene rings is 2. The third kappa shape index (κ3) is 5.58. The van der Waals surface area contributed by atoms with Gasteiger partial charge in [0.05, 0.1) is 0 Å². The Morgan fingerprint density at radius 2 is 1.41 bits per heavy atom. The number of rotatable bonds is 6. The fraction of sp³-hybridized carbons (Fsp3) is 0.567. The molecule has 7 heteroatoms. The number of amides is 1. The summed E-state index contributed by atoms with van der Waals surface area (Å²) >= 11 is 0. The highest BCUT2D eigenvalue weighted by Gasteiger charge is 2.51. The molecule has 3 fully saturated rings. The molecule has 1 aliphatic heterocycles. The maximum Gasteiger partial charge on any atom is 0.421 e. The standard InChI is InChI=1S/C30H37F3N2O2/c1-29(37,30(31,32)33)24-11-7-23(8-12-24)28(36)35(26-15-16-26)27-17-19-34(20-18-27)25-13-9-22(10-14-25)21-5-3-2-4-6-21/h2-8,11-12,22,25-27,37H,9-10,13-20H2,1H3/t22-,25-,29-/m0/s1. The average molecular weight is 515 g/mol. The van der Waals surface area contributed by atoms with Gasteiger partial charge in [0.2, 0.25) is 0 Å². The topological polar surface area (TPSA) is 43.8 Å². The van der Waals surface area contributed by atoms with Crippen LogP contribution in [0.15, 0.2) is 54.6 Å². The van der Waals surface area contributed by atoms with Gasteiger partial charge in [-0.25, -0.2) is 0 Å². The lowest BCUT2D eigenvalue weighted by Gasteiger charge is -2.43. The van der Waals surface area contributed by atoms with E-state index in [4.69, 9.17) is 0 Å². The maximum atomic E-state index is 13.5. The van der Waals surface area contributed by atoms with Crippen LogP contribution in [-0.4, -0.2) is 58.2 Å². The molecule has 2 aromatic rings. The van der Waals surface area contributed by atoms with Crippen LogP contribution in [0.4, 0.5) is 13.2 Å². The van der Waals surface area contributed by atoms with Crippen molar-refractivity contribution >= 4 is 5.91 Å². The molecule has 1 N–H and O–H groups in total. The Morgan fingerprint density at radius 1 is 0.838 bits per heavy atom. The molecule has 0 bridgehead atoms. The van der Waals surface area contributed by atoms with Gasteiger partial charge in [0.15, 0.2) is 5.60 Å². The smallest absolute Gasteiger partial charge is 0.376 e. The molecular weight excluding hydrogens is 477 g/mol. The molecule has 0 radical (unpaired) electrons. The number of alkyl halides is 3. The second kappa shape index (κ2) is 10.4. The number of halogens is 3. The fourth-order valence-corrected chi connectivity index (χ4v) is 6.26. The quantitative estimate of drug-likeness (QED) is 0.496. The Morgan fingerprint density at radius 3 is 1.95 bits per heavy atom. The number of carbonyl (C=O) groups is 1. The van der Waals surface area contributed by atoms with Gasteiger partial charge in [0, 0.05) is 36.8 Å². The Hall–Kier alpha value is -2.38. The fourth-order valence-electron chi connectivity index (χ4n) is 6.26. The van der Waals surface area contributed by atoms with E-state index >= 15 is 0 Å². The second-order valence-electron chi connectivity index (χ2n) is 11.3. The molecule has 1 atom stereocenters. The van der Waals surface area contributed by atoms with Crippen LogP contribution in [0.2, 0.25) is 0 Å². The molecule has 1 saturated heterocycles. The van der Waals surface area contributed by atoms with Crippen molar-refractivity contribution in [2.45, 2.75) is 94.1 Å². The molecule has 1 amide bonds. The maximum absolute atomic E-state index is 13.5. The van der Waals surface area contributed by atoms with Crippen molar-refractivity contribution in [2.24, 2.45) is 0 Å². The molecule has 2 saturated carbocycles. The van der Waals surface area contributed by atoms with Crippen molar-refractivity contribution in [1.82, 2.24) is 9.80 Å². The van der Waals surface area contributed by atoms with E-state index in [1.54, 1.807) is 0 Å². The summed E-state index contributed by atoms with van der Waals surface area (Å²) in [6.45, 7) is 2.70. The van der Waals surface area contributed by atoms with Crippen LogP contribution in [-0.2, 0) is 5.60 Å². The van der Waals surface area contributed by atoms with Crippen molar-refractivity contribution in [1.29, 1.82) is 0 Å². The third-order valence-corrected chi connectivity index (χ3v) is 8.80. The Bertz CT molecular complexity index is 1050. The zero-order valence-corrected chi connectivity index (χ0v) is 21.5. The normalized spacial score (nSPS) is 25.4. The number of nitrogens with zero attached hydrogens (tertiary/aromatic N) is 2. The lowest BCUT2D eigenvalue weighted by atomic mass is 9.81. The summed E-state index contributed by atoms with van der Waals surface area (Å²) in [5.74, 6) is 0.548. The first-order chi connectivity index (χ1) is 17.6. The second-order valence-corrected chi connectivity index (χ2v) is 11.3. The molecule has 4 nitrogen and oxygen atoms in total. The number of carbonyl (C=O) groups excluding carboxylic acids is 1. The number of likely N-dealkylation sites (tertiary alicyclic amines) is 1. The van der Waals surface area contributed by atoms with Gasteiger partial charge in [0.25, 0.3) is 5.91 Å². The van der Waals surface area contributed by atoms with E-state index < -0.39 is 11.8 Å². The van der Waals surface area contributed by atoms with E-state index in [1.165, 1.54) is 55.5 Å². The summed E-state index contributed by atoms with van der Waals surface area (Å²) in [5, 5.41) is 9.94. The number of piperidine rings is 1. The predicted octanol–water partition coefficient (Wildman–Crippen LogP) is 6.25. The molecule has 1 heterocycles. The minimum atomic E-state index is -4.78. The summed E-state index contributed by atoms with van der Waals surface area (Å²) in [5.41, 5.74) is -1.37. The van der Waals surface area contributed by atoms with Crippen molar-refractivity contribution in [3.8, 4) is 0 Å². The predicted molar refractivity (Wildman–Crippen MR) is 137 cm³/mol.